The Hall–Kier alpha value is -3.99. The van der Waals surface area contributed by atoms with Gasteiger partial charge >= 0.3 is 6.03 Å². The van der Waals surface area contributed by atoms with Crippen molar-refractivity contribution >= 4 is 27.8 Å². The molecule has 0 radical (unpaired) electrons. The number of nitrogens with one attached hydrogen (secondary N) is 1. The maximum Gasteiger partial charge on any atom is 0.344 e. The second kappa shape index (κ2) is 9.87. The molecular weight excluding hydrogens is 454 g/mol. The van der Waals surface area contributed by atoms with Gasteiger partial charge in [-0.2, -0.15) is 4.99 Å². The van der Waals surface area contributed by atoms with E-state index in [0.29, 0.717) is 30.4 Å². The first kappa shape index (κ1) is 23.2. The molecule has 1 aliphatic heterocycles. The highest BCUT2D eigenvalue weighted by Gasteiger charge is 2.35. The molecule has 1 fully saturated rings. The molecule has 1 saturated heterocycles. The number of rotatable bonds is 6. The molecule has 34 heavy (non-hydrogen) atoms. The van der Waals surface area contributed by atoms with Gasteiger partial charge in [0.15, 0.2) is 15.8 Å². The first-order valence-electron chi connectivity index (χ1n) is 10.7. The lowest BCUT2D eigenvalue weighted by atomic mass is 10.1. The summed E-state index contributed by atoms with van der Waals surface area (Å²) in [5, 5.41) is 2.11. The second-order valence-electron chi connectivity index (χ2n) is 7.88. The summed E-state index contributed by atoms with van der Waals surface area (Å²) in [6, 6.07) is 15.5. The number of urea groups is 1. The Morgan fingerprint density at radius 1 is 1.06 bits per heavy atom. The molecule has 0 saturated carbocycles. The van der Waals surface area contributed by atoms with Gasteiger partial charge in [-0.15, -0.1) is 0 Å². The van der Waals surface area contributed by atoms with Crippen molar-refractivity contribution in [1.82, 2.24) is 15.3 Å². The minimum atomic E-state index is -3.40. The fourth-order valence-corrected chi connectivity index (χ4v) is 5.51. The maximum absolute atomic E-state index is 12.9. The third-order valence-electron chi connectivity index (χ3n) is 5.51. The molecule has 2 heterocycles. The monoisotopic (exact) mass is 479 g/mol. The fraction of sp³-hybridized carbons (Fsp3) is 0.217. The third-order valence-corrected chi connectivity index (χ3v) is 7.70. The maximum atomic E-state index is 12.9. The number of anilines is 1. The molecule has 0 spiro atoms. The number of carbonyl (C=O) groups is 1. The molecule has 3 aromatic rings. The number of nitrogens with two attached hydrogens (primary N) is 2. The highest BCUT2D eigenvalue weighted by atomic mass is 32.2. The lowest BCUT2D eigenvalue weighted by Crippen LogP contribution is -2.28. The Kier molecular flexibility index (Phi) is 6.73. The second-order valence-corrected chi connectivity index (χ2v) is 10.1. The number of carbonyl (C=O) groups excluding carboxylic acids is 1. The van der Waals surface area contributed by atoms with Crippen molar-refractivity contribution in [2.45, 2.75) is 23.1 Å². The summed E-state index contributed by atoms with van der Waals surface area (Å²) >= 11 is 0. The van der Waals surface area contributed by atoms with Gasteiger partial charge in [0, 0.05) is 37.6 Å². The van der Waals surface area contributed by atoms with Gasteiger partial charge in [-0.25, -0.2) is 23.2 Å². The van der Waals surface area contributed by atoms with Crippen LogP contribution in [-0.4, -0.2) is 48.7 Å². The van der Waals surface area contributed by atoms with Crippen LogP contribution >= 0.6 is 0 Å². The van der Waals surface area contributed by atoms with E-state index >= 15 is 0 Å². The van der Waals surface area contributed by atoms with E-state index in [9.17, 15) is 13.2 Å². The van der Waals surface area contributed by atoms with E-state index in [1.165, 1.54) is 0 Å². The number of hydrogen-bond acceptors (Lipinski definition) is 6. The lowest BCUT2D eigenvalue weighted by Gasteiger charge is -2.17. The number of sulfone groups is 1. The molecular formula is C23H25N7O3S. The predicted molar refractivity (Wildman–Crippen MR) is 130 cm³/mol. The number of guanidine groups is 1. The summed E-state index contributed by atoms with van der Waals surface area (Å²) in [7, 11) is -3.40. The van der Waals surface area contributed by atoms with E-state index in [1.807, 2.05) is 29.2 Å². The molecule has 1 aromatic heterocycles. The normalized spacial score (nSPS) is 15.6. The van der Waals surface area contributed by atoms with Gasteiger partial charge < -0.3 is 21.7 Å². The number of hydrogen-bond donors (Lipinski definition) is 3. The van der Waals surface area contributed by atoms with E-state index in [1.54, 1.807) is 42.7 Å². The molecule has 0 bridgehead atoms. The van der Waals surface area contributed by atoms with Crippen molar-refractivity contribution in [3.63, 3.8) is 0 Å². The first-order chi connectivity index (χ1) is 16.3. The zero-order valence-corrected chi connectivity index (χ0v) is 19.1. The lowest BCUT2D eigenvalue weighted by molar-refractivity contribution is 0.249. The van der Waals surface area contributed by atoms with E-state index in [0.717, 1.165) is 16.7 Å². The smallest absolute Gasteiger partial charge is 0.344 e. The van der Waals surface area contributed by atoms with Crippen molar-refractivity contribution in [1.29, 1.82) is 0 Å². The van der Waals surface area contributed by atoms with Gasteiger partial charge in [0.25, 0.3) is 0 Å². The molecule has 2 amide bonds. The van der Waals surface area contributed by atoms with Crippen LogP contribution in [0, 0.1) is 0 Å². The van der Waals surface area contributed by atoms with Crippen LogP contribution in [-0.2, 0) is 16.4 Å². The summed E-state index contributed by atoms with van der Waals surface area (Å²) in [6.07, 6.45) is 3.94. The highest BCUT2D eigenvalue weighted by molar-refractivity contribution is 7.92. The molecule has 4 rings (SSSR count). The summed E-state index contributed by atoms with van der Waals surface area (Å²) in [4.78, 5) is 26.2. The quantitative estimate of drug-likeness (QED) is 0.356. The SMILES string of the molecule is NC(N)=NC(=O)NCc1cccc(-c2cnc(N3CCC(S(=O)(=O)c4ccccc4)C3)nc2)c1. The van der Waals surface area contributed by atoms with E-state index in [2.05, 4.69) is 20.3 Å². The van der Waals surface area contributed by atoms with E-state index < -0.39 is 21.1 Å². The van der Waals surface area contributed by atoms with Gasteiger partial charge in [0.05, 0.1) is 10.1 Å². The van der Waals surface area contributed by atoms with Crippen LogP contribution in [0.25, 0.3) is 11.1 Å². The zero-order valence-electron chi connectivity index (χ0n) is 18.3. The topological polar surface area (TPSA) is 157 Å². The molecule has 1 atom stereocenters. The van der Waals surface area contributed by atoms with Crippen molar-refractivity contribution < 1.29 is 13.2 Å². The van der Waals surface area contributed by atoms with Gasteiger partial charge in [-0.3, -0.25) is 0 Å². The number of aliphatic imine (C=N–C) groups is 1. The van der Waals surface area contributed by atoms with Crippen molar-refractivity contribution in [2.24, 2.45) is 16.5 Å². The van der Waals surface area contributed by atoms with Crippen LogP contribution in [0.3, 0.4) is 0 Å². The van der Waals surface area contributed by atoms with Gasteiger partial charge in [0.1, 0.15) is 0 Å². The largest absolute Gasteiger partial charge is 0.370 e. The molecule has 5 N–H and O–H groups in total. The Balaban J connectivity index is 1.42. The number of amides is 2. The van der Waals surface area contributed by atoms with Gasteiger partial charge in [-0.1, -0.05) is 36.4 Å². The van der Waals surface area contributed by atoms with E-state index in [4.69, 9.17) is 11.5 Å². The summed E-state index contributed by atoms with van der Waals surface area (Å²) in [5.41, 5.74) is 12.9. The summed E-state index contributed by atoms with van der Waals surface area (Å²) in [5.74, 6) is 0.195. The van der Waals surface area contributed by atoms with Crippen LogP contribution in [0.4, 0.5) is 10.7 Å². The third kappa shape index (κ3) is 5.31. The number of benzene rings is 2. The van der Waals surface area contributed by atoms with Crippen LogP contribution in [0.2, 0.25) is 0 Å². The van der Waals surface area contributed by atoms with Gasteiger partial charge in [0.2, 0.25) is 5.95 Å². The standard InChI is InChI=1S/C23H25N7O3S/c24-21(25)29-23(31)28-12-16-5-4-6-17(11-16)18-13-26-22(27-14-18)30-10-9-20(15-30)34(32,33)19-7-2-1-3-8-19/h1-8,11,13-14,20H,9-10,12,15H2,(H5,24,25,28,29,31). The molecule has 0 aliphatic carbocycles. The molecule has 11 heteroatoms. The van der Waals surface area contributed by atoms with Crippen LogP contribution in [0.1, 0.15) is 12.0 Å². The van der Waals surface area contributed by atoms with E-state index in [-0.39, 0.29) is 12.5 Å². The molecule has 2 aromatic carbocycles. The Bertz CT molecular complexity index is 1290. The molecule has 176 valence electrons. The number of aromatic nitrogens is 2. The number of nitrogens with zero attached hydrogens (tertiary/aromatic N) is 4. The first-order valence-corrected chi connectivity index (χ1v) is 12.2. The molecule has 1 aliphatic rings. The molecule has 1 unspecified atom stereocenters. The zero-order chi connectivity index (χ0) is 24.1. The Morgan fingerprint density at radius 3 is 2.50 bits per heavy atom. The predicted octanol–water partition coefficient (Wildman–Crippen LogP) is 1.68. The summed E-state index contributed by atoms with van der Waals surface area (Å²) < 4.78 is 25.8. The average molecular weight is 480 g/mol. The van der Waals surface area contributed by atoms with Crippen LogP contribution < -0.4 is 21.7 Å². The highest BCUT2D eigenvalue weighted by Crippen LogP contribution is 2.27. The van der Waals surface area contributed by atoms with Crippen molar-refractivity contribution in [2.75, 3.05) is 18.0 Å². The van der Waals surface area contributed by atoms with Crippen molar-refractivity contribution in [3.05, 3.63) is 72.6 Å². The Morgan fingerprint density at radius 2 is 1.79 bits per heavy atom. The minimum Gasteiger partial charge on any atom is -0.370 e. The Labute approximate surface area is 197 Å². The molecule has 10 nitrogen and oxygen atoms in total. The van der Waals surface area contributed by atoms with Gasteiger partial charge in [-0.05, 0) is 35.7 Å². The summed E-state index contributed by atoms with van der Waals surface area (Å²) in [6.45, 7) is 1.18. The average Bonchev–Trinajstić information content (AvgIpc) is 3.35. The van der Waals surface area contributed by atoms with Crippen LogP contribution in [0.5, 0.6) is 0 Å². The minimum absolute atomic E-state index is 0.257. The van der Waals surface area contributed by atoms with Crippen LogP contribution in [0.15, 0.2) is 76.9 Å². The van der Waals surface area contributed by atoms with Crippen molar-refractivity contribution in [3.8, 4) is 11.1 Å². The fourth-order valence-electron chi connectivity index (χ4n) is 3.79.